The summed E-state index contributed by atoms with van der Waals surface area (Å²) in [6.07, 6.45) is 1.33. The molecule has 0 bridgehead atoms. The van der Waals surface area contributed by atoms with Crippen molar-refractivity contribution in [2.75, 3.05) is 7.11 Å². The Morgan fingerprint density at radius 2 is 1.50 bits per heavy atom. The van der Waals surface area contributed by atoms with Crippen LogP contribution in [0.2, 0.25) is 0 Å². The lowest BCUT2D eigenvalue weighted by Crippen LogP contribution is -2.21. The number of benzene rings is 3. The van der Waals surface area contributed by atoms with Crippen LogP contribution in [0.25, 0.3) is 22.5 Å². The van der Waals surface area contributed by atoms with Crippen molar-refractivity contribution in [3.63, 3.8) is 0 Å². The molecule has 0 aliphatic carbocycles. The third kappa shape index (κ3) is 4.62. The van der Waals surface area contributed by atoms with Gasteiger partial charge in [-0.1, -0.05) is 66.7 Å². The third-order valence-electron chi connectivity index (χ3n) is 4.69. The van der Waals surface area contributed by atoms with Crippen LogP contribution in [0.3, 0.4) is 0 Å². The molecule has 0 atom stereocenters. The molecule has 4 rings (SSSR count). The van der Waals surface area contributed by atoms with Crippen LogP contribution in [0.4, 0.5) is 0 Å². The molecular weight excluding hydrogens is 404 g/mol. The number of carbonyl (C=O) groups excluding carboxylic acids is 1. The van der Waals surface area contributed by atoms with E-state index in [4.69, 9.17) is 4.74 Å². The van der Waals surface area contributed by atoms with E-state index in [2.05, 4.69) is 20.5 Å². The van der Waals surface area contributed by atoms with Gasteiger partial charge in [-0.3, -0.25) is 4.79 Å². The van der Waals surface area contributed by atoms with Crippen molar-refractivity contribution in [3.8, 4) is 34.0 Å². The van der Waals surface area contributed by atoms with Crippen molar-refractivity contribution in [3.05, 3.63) is 96.3 Å². The smallest absolute Gasteiger partial charge is 0.309 e. The van der Waals surface area contributed by atoms with E-state index in [-0.39, 0.29) is 11.6 Å². The van der Waals surface area contributed by atoms with Gasteiger partial charge in [-0.05, 0) is 18.2 Å². The summed E-state index contributed by atoms with van der Waals surface area (Å²) in [4.78, 5) is 21.6. The Morgan fingerprint density at radius 3 is 2.06 bits per heavy atom. The lowest BCUT2D eigenvalue weighted by Gasteiger charge is -2.08. The molecule has 4 aromatic rings. The maximum Gasteiger partial charge on any atom is 0.309 e. The standard InChI is InChI=1S/C25H20N4O3/c1-32-22-14-8-13-19(23(22)30)16-26-29-25(31)24-27-20(17-9-4-2-5-10-17)15-21(28-24)18-11-6-3-7-12-18/h2-16,30H,1H3,(H,29,31)/b26-16-. The van der Waals surface area contributed by atoms with Gasteiger partial charge in [0.1, 0.15) is 0 Å². The normalized spacial score (nSPS) is 10.8. The number of amides is 1. The summed E-state index contributed by atoms with van der Waals surface area (Å²) >= 11 is 0. The zero-order valence-corrected chi connectivity index (χ0v) is 17.3. The number of aromatic hydroxyl groups is 1. The highest BCUT2D eigenvalue weighted by Crippen LogP contribution is 2.28. The molecule has 32 heavy (non-hydrogen) atoms. The molecule has 7 nitrogen and oxygen atoms in total. The number of rotatable bonds is 6. The van der Waals surface area contributed by atoms with Gasteiger partial charge in [0.15, 0.2) is 11.5 Å². The summed E-state index contributed by atoms with van der Waals surface area (Å²) < 4.78 is 5.07. The number of phenols is 1. The van der Waals surface area contributed by atoms with Crippen LogP contribution in [0.5, 0.6) is 11.5 Å². The second-order valence-electron chi connectivity index (χ2n) is 6.79. The van der Waals surface area contributed by atoms with E-state index in [1.54, 1.807) is 18.2 Å². The fourth-order valence-electron chi connectivity index (χ4n) is 3.08. The fraction of sp³-hybridized carbons (Fsp3) is 0.0400. The Morgan fingerprint density at radius 1 is 0.906 bits per heavy atom. The first kappa shape index (κ1) is 20.7. The summed E-state index contributed by atoms with van der Waals surface area (Å²) in [7, 11) is 1.46. The van der Waals surface area contributed by atoms with E-state index in [1.807, 2.05) is 66.7 Å². The minimum atomic E-state index is -0.571. The number of hydrazone groups is 1. The minimum absolute atomic E-state index is 0.0165. The largest absolute Gasteiger partial charge is 0.504 e. The first-order chi connectivity index (χ1) is 15.7. The molecule has 158 valence electrons. The van der Waals surface area contributed by atoms with Gasteiger partial charge in [-0.2, -0.15) is 5.10 Å². The zero-order chi connectivity index (χ0) is 22.3. The van der Waals surface area contributed by atoms with E-state index >= 15 is 0 Å². The van der Waals surface area contributed by atoms with Gasteiger partial charge in [-0.15, -0.1) is 0 Å². The Kier molecular flexibility index (Phi) is 6.17. The van der Waals surface area contributed by atoms with Crippen LogP contribution >= 0.6 is 0 Å². The molecule has 3 aromatic carbocycles. The van der Waals surface area contributed by atoms with Gasteiger partial charge in [0, 0.05) is 16.7 Å². The average Bonchev–Trinajstić information content (AvgIpc) is 2.86. The number of carbonyl (C=O) groups is 1. The number of hydrogen-bond donors (Lipinski definition) is 2. The van der Waals surface area contributed by atoms with E-state index < -0.39 is 5.91 Å². The second kappa shape index (κ2) is 9.53. The molecule has 0 saturated carbocycles. The first-order valence-electron chi connectivity index (χ1n) is 9.85. The van der Waals surface area contributed by atoms with E-state index in [1.165, 1.54) is 13.3 Å². The zero-order valence-electron chi connectivity index (χ0n) is 17.3. The number of nitrogens with one attached hydrogen (secondary N) is 1. The Hall–Kier alpha value is -4.52. The van der Waals surface area contributed by atoms with Crippen LogP contribution in [0.15, 0.2) is 90.0 Å². The molecule has 2 N–H and O–H groups in total. The summed E-state index contributed by atoms with van der Waals surface area (Å²) in [5.74, 6) is -0.343. The number of nitrogens with zero attached hydrogens (tertiary/aromatic N) is 3. The summed E-state index contributed by atoms with van der Waals surface area (Å²) in [6, 6.07) is 26.0. The Bertz CT molecular complexity index is 1200. The topological polar surface area (TPSA) is 96.7 Å². The van der Waals surface area contributed by atoms with Gasteiger partial charge in [0.2, 0.25) is 5.82 Å². The van der Waals surface area contributed by atoms with Gasteiger partial charge in [0.25, 0.3) is 0 Å². The van der Waals surface area contributed by atoms with Gasteiger partial charge in [0.05, 0.1) is 24.7 Å². The van der Waals surface area contributed by atoms with Gasteiger partial charge in [-0.25, -0.2) is 15.4 Å². The molecule has 1 heterocycles. The minimum Gasteiger partial charge on any atom is -0.504 e. The molecule has 1 aromatic heterocycles. The quantitative estimate of drug-likeness (QED) is 0.356. The van der Waals surface area contributed by atoms with Crippen molar-refractivity contribution in [1.82, 2.24) is 15.4 Å². The highest BCUT2D eigenvalue weighted by molar-refractivity contribution is 5.93. The molecule has 7 heteroatoms. The van der Waals surface area contributed by atoms with Crippen molar-refractivity contribution < 1.29 is 14.6 Å². The van der Waals surface area contributed by atoms with Crippen LogP contribution in [-0.4, -0.2) is 34.3 Å². The number of aromatic nitrogens is 2. The lowest BCUT2D eigenvalue weighted by atomic mass is 10.1. The van der Waals surface area contributed by atoms with Gasteiger partial charge >= 0.3 is 5.91 Å². The monoisotopic (exact) mass is 424 g/mol. The fourth-order valence-corrected chi connectivity index (χ4v) is 3.08. The maximum absolute atomic E-state index is 12.8. The SMILES string of the molecule is COc1cccc(/C=N\NC(=O)c2nc(-c3ccccc3)cc(-c3ccccc3)n2)c1O. The van der Waals surface area contributed by atoms with Gasteiger partial charge < -0.3 is 9.84 Å². The highest BCUT2D eigenvalue weighted by atomic mass is 16.5. The summed E-state index contributed by atoms with van der Waals surface area (Å²) in [5.41, 5.74) is 5.80. The molecule has 0 unspecified atom stereocenters. The van der Waals surface area contributed by atoms with Crippen molar-refractivity contribution in [2.24, 2.45) is 5.10 Å². The summed E-state index contributed by atoms with van der Waals surface area (Å²) in [5, 5.41) is 14.1. The first-order valence-corrected chi connectivity index (χ1v) is 9.85. The average molecular weight is 424 g/mol. The maximum atomic E-state index is 12.8. The van der Waals surface area contributed by atoms with Crippen LogP contribution < -0.4 is 10.2 Å². The van der Waals surface area contributed by atoms with Crippen molar-refractivity contribution in [2.45, 2.75) is 0 Å². The number of phenolic OH excluding ortho intramolecular Hbond substituents is 1. The number of ether oxygens (including phenoxy) is 1. The predicted molar refractivity (Wildman–Crippen MR) is 123 cm³/mol. The van der Waals surface area contributed by atoms with Crippen molar-refractivity contribution in [1.29, 1.82) is 0 Å². The molecule has 0 radical (unpaired) electrons. The predicted octanol–water partition coefficient (Wildman–Crippen LogP) is 4.29. The Balaban J connectivity index is 1.64. The molecule has 0 aliphatic heterocycles. The van der Waals surface area contributed by atoms with Crippen molar-refractivity contribution >= 4 is 12.1 Å². The number of methoxy groups -OCH3 is 1. The Labute approximate surface area is 185 Å². The van der Waals surface area contributed by atoms with E-state index in [0.29, 0.717) is 22.7 Å². The molecule has 0 saturated heterocycles. The summed E-state index contributed by atoms with van der Waals surface area (Å²) in [6.45, 7) is 0. The van der Waals surface area contributed by atoms with Crippen LogP contribution in [0.1, 0.15) is 16.2 Å². The third-order valence-corrected chi connectivity index (χ3v) is 4.69. The number of hydrogen-bond acceptors (Lipinski definition) is 6. The van der Waals surface area contributed by atoms with E-state index in [9.17, 15) is 9.90 Å². The van der Waals surface area contributed by atoms with E-state index in [0.717, 1.165) is 11.1 Å². The van der Waals surface area contributed by atoms with Crippen LogP contribution in [0, 0.1) is 0 Å². The molecule has 0 spiro atoms. The highest BCUT2D eigenvalue weighted by Gasteiger charge is 2.14. The number of para-hydroxylation sites is 1. The molecule has 1 amide bonds. The molecule has 0 aliphatic rings. The molecule has 0 fully saturated rings. The lowest BCUT2D eigenvalue weighted by molar-refractivity contribution is 0.0945. The van der Waals surface area contributed by atoms with Crippen LogP contribution in [-0.2, 0) is 0 Å². The molecular formula is C25H20N4O3. The second-order valence-corrected chi connectivity index (χ2v) is 6.79.